The largest absolute Gasteiger partial charge is 0.495 e. The van der Waals surface area contributed by atoms with Gasteiger partial charge in [0.05, 0.1) is 18.6 Å². The molecule has 0 saturated carbocycles. The van der Waals surface area contributed by atoms with Crippen LogP contribution < -0.4 is 10.1 Å². The van der Waals surface area contributed by atoms with Crippen LogP contribution in [-0.4, -0.2) is 25.1 Å². The first kappa shape index (κ1) is 19.8. The predicted octanol–water partition coefficient (Wildman–Crippen LogP) is 4.08. The topological polar surface area (TPSA) is 64.6 Å². The van der Waals surface area contributed by atoms with Crippen LogP contribution in [0.25, 0.3) is 0 Å². The number of anilines is 1. The molecular formula is C20H22ClNO4. The summed E-state index contributed by atoms with van der Waals surface area (Å²) in [4.78, 5) is 24.3. The molecule has 1 atom stereocenters. The first-order valence-corrected chi connectivity index (χ1v) is 8.58. The van der Waals surface area contributed by atoms with Gasteiger partial charge in [0.1, 0.15) is 5.75 Å². The molecule has 0 bridgehead atoms. The van der Waals surface area contributed by atoms with Gasteiger partial charge in [-0.05, 0) is 55.7 Å². The third-order valence-corrected chi connectivity index (χ3v) is 4.31. The second-order valence-corrected chi connectivity index (χ2v) is 6.47. The van der Waals surface area contributed by atoms with Gasteiger partial charge in [-0.3, -0.25) is 9.59 Å². The van der Waals surface area contributed by atoms with Crippen LogP contribution >= 0.6 is 11.6 Å². The number of hydrogen-bond donors (Lipinski definition) is 1. The van der Waals surface area contributed by atoms with Gasteiger partial charge in [0.15, 0.2) is 6.10 Å². The van der Waals surface area contributed by atoms with Gasteiger partial charge < -0.3 is 14.8 Å². The molecule has 0 spiro atoms. The molecule has 0 fully saturated rings. The fourth-order valence-corrected chi connectivity index (χ4v) is 2.62. The highest BCUT2D eigenvalue weighted by atomic mass is 35.5. The van der Waals surface area contributed by atoms with Gasteiger partial charge in [-0.2, -0.15) is 0 Å². The van der Waals surface area contributed by atoms with Crippen molar-refractivity contribution in [2.24, 2.45) is 0 Å². The van der Waals surface area contributed by atoms with Crippen molar-refractivity contribution in [3.05, 3.63) is 58.1 Å². The van der Waals surface area contributed by atoms with Crippen molar-refractivity contribution in [2.45, 2.75) is 33.3 Å². The molecule has 0 saturated heterocycles. The Morgan fingerprint density at radius 1 is 1.12 bits per heavy atom. The number of ether oxygens (including phenoxy) is 2. The summed E-state index contributed by atoms with van der Waals surface area (Å²) < 4.78 is 10.3. The Kier molecular flexibility index (Phi) is 6.64. The highest BCUT2D eigenvalue weighted by Crippen LogP contribution is 2.27. The van der Waals surface area contributed by atoms with E-state index in [2.05, 4.69) is 5.32 Å². The molecule has 1 amide bonds. The van der Waals surface area contributed by atoms with Crippen LogP contribution in [-0.2, 0) is 20.7 Å². The van der Waals surface area contributed by atoms with E-state index in [9.17, 15) is 9.59 Å². The van der Waals surface area contributed by atoms with Gasteiger partial charge in [0.2, 0.25) is 0 Å². The van der Waals surface area contributed by atoms with E-state index >= 15 is 0 Å². The fraction of sp³-hybridized carbons (Fsp3) is 0.300. The number of rotatable bonds is 6. The van der Waals surface area contributed by atoms with Gasteiger partial charge in [-0.1, -0.05) is 29.8 Å². The minimum absolute atomic E-state index is 0.118. The number of methoxy groups -OCH3 is 1. The van der Waals surface area contributed by atoms with Gasteiger partial charge >= 0.3 is 5.97 Å². The Bertz CT molecular complexity index is 819. The second-order valence-electron chi connectivity index (χ2n) is 6.07. The number of hydrogen-bond acceptors (Lipinski definition) is 4. The number of carbonyl (C=O) groups excluding carboxylic acids is 2. The molecule has 0 aliphatic heterocycles. The Labute approximate surface area is 158 Å². The van der Waals surface area contributed by atoms with E-state index in [1.165, 1.54) is 14.0 Å². The van der Waals surface area contributed by atoms with E-state index in [0.717, 1.165) is 16.7 Å². The monoisotopic (exact) mass is 375 g/mol. The van der Waals surface area contributed by atoms with Gasteiger partial charge in [0, 0.05) is 5.69 Å². The quantitative estimate of drug-likeness (QED) is 0.773. The molecule has 6 heteroatoms. The standard InChI is InChI=1S/C20H22ClNO4/c1-12-5-6-15(9-13(12)2)10-19(23)26-14(3)20(24)22-16-7-8-18(25-4)17(21)11-16/h5-9,11,14H,10H2,1-4H3,(H,22,24)/t14-/m0/s1. The summed E-state index contributed by atoms with van der Waals surface area (Å²) in [5.41, 5.74) is 3.62. The number of esters is 1. The van der Waals surface area contributed by atoms with Gasteiger partial charge in [0.25, 0.3) is 5.91 Å². The van der Waals surface area contributed by atoms with Crippen molar-refractivity contribution in [1.82, 2.24) is 0 Å². The van der Waals surface area contributed by atoms with Gasteiger partial charge in [-0.15, -0.1) is 0 Å². The van der Waals surface area contributed by atoms with Crippen LogP contribution in [0.2, 0.25) is 5.02 Å². The lowest BCUT2D eigenvalue weighted by atomic mass is 10.0. The lowest BCUT2D eigenvalue weighted by molar-refractivity contribution is -0.152. The summed E-state index contributed by atoms with van der Waals surface area (Å²) in [5, 5.41) is 3.04. The average Bonchev–Trinajstić information content (AvgIpc) is 2.58. The van der Waals surface area contributed by atoms with E-state index in [-0.39, 0.29) is 6.42 Å². The molecule has 0 heterocycles. The number of aryl methyl sites for hydroxylation is 2. The minimum atomic E-state index is -0.921. The van der Waals surface area contributed by atoms with E-state index in [0.29, 0.717) is 16.5 Å². The molecule has 1 N–H and O–H groups in total. The van der Waals surface area contributed by atoms with Crippen LogP contribution in [0, 0.1) is 13.8 Å². The average molecular weight is 376 g/mol. The van der Waals surface area contributed by atoms with Crippen molar-refractivity contribution in [3.63, 3.8) is 0 Å². The molecule has 26 heavy (non-hydrogen) atoms. The molecule has 0 radical (unpaired) electrons. The number of nitrogens with one attached hydrogen (secondary N) is 1. The number of carbonyl (C=O) groups is 2. The van der Waals surface area contributed by atoms with E-state index < -0.39 is 18.0 Å². The smallest absolute Gasteiger partial charge is 0.311 e. The van der Waals surface area contributed by atoms with Crippen LogP contribution in [0.15, 0.2) is 36.4 Å². The van der Waals surface area contributed by atoms with Crippen LogP contribution in [0.3, 0.4) is 0 Å². The molecule has 2 aromatic carbocycles. The highest BCUT2D eigenvalue weighted by Gasteiger charge is 2.18. The first-order chi connectivity index (χ1) is 12.3. The maximum atomic E-state index is 12.2. The Hall–Kier alpha value is -2.53. The van der Waals surface area contributed by atoms with Gasteiger partial charge in [-0.25, -0.2) is 0 Å². The van der Waals surface area contributed by atoms with E-state index in [1.807, 2.05) is 32.0 Å². The zero-order valence-corrected chi connectivity index (χ0v) is 16.0. The third-order valence-electron chi connectivity index (χ3n) is 4.02. The zero-order valence-electron chi connectivity index (χ0n) is 15.3. The fourth-order valence-electron chi connectivity index (χ4n) is 2.36. The summed E-state index contributed by atoms with van der Waals surface area (Å²) >= 11 is 6.03. The Morgan fingerprint density at radius 2 is 1.85 bits per heavy atom. The number of benzene rings is 2. The van der Waals surface area contributed by atoms with Crippen molar-refractivity contribution in [2.75, 3.05) is 12.4 Å². The summed E-state index contributed by atoms with van der Waals surface area (Å²) in [6.07, 6.45) is -0.803. The Morgan fingerprint density at radius 3 is 2.46 bits per heavy atom. The zero-order chi connectivity index (χ0) is 19.3. The summed E-state index contributed by atoms with van der Waals surface area (Å²) in [6.45, 7) is 5.52. The molecule has 0 aliphatic carbocycles. The lowest BCUT2D eigenvalue weighted by Crippen LogP contribution is -2.30. The highest BCUT2D eigenvalue weighted by molar-refractivity contribution is 6.32. The summed E-state index contributed by atoms with van der Waals surface area (Å²) in [6, 6.07) is 10.7. The molecule has 138 valence electrons. The molecular weight excluding hydrogens is 354 g/mol. The van der Waals surface area contributed by atoms with Crippen molar-refractivity contribution in [1.29, 1.82) is 0 Å². The van der Waals surface area contributed by atoms with Crippen LogP contribution in [0.5, 0.6) is 5.75 Å². The van der Waals surface area contributed by atoms with E-state index in [4.69, 9.17) is 21.1 Å². The predicted molar refractivity (Wildman–Crippen MR) is 102 cm³/mol. The SMILES string of the molecule is COc1ccc(NC(=O)[C@H](C)OC(=O)Cc2ccc(C)c(C)c2)cc1Cl. The number of amides is 1. The van der Waals surface area contributed by atoms with Crippen molar-refractivity contribution < 1.29 is 19.1 Å². The molecule has 2 rings (SSSR count). The molecule has 0 aromatic heterocycles. The molecule has 2 aromatic rings. The molecule has 0 aliphatic rings. The summed E-state index contributed by atoms with van der Waals surface area (Å²) in [5.74, 6) is -0.374. The first-order valence-electron chi connectivity index (χ1n) is 8.20. The second kappa shape index (κ2) is 8.72. The maximum absolute atomic E-state index is 12.2. The van der Waals surface area contributed by atoms with Crippen LogP contribution in [0.1, 0.15) is 23.6 Å². The molecule has 5 nitrogen and oxygen atoms in total. The summed E-state index contributed by atoms with van der Waals surface area (Å²) in [7, 11) is 1.51. The lowest BCUT2D eigenvalue weighted by Gasteiger charge is -2.14. The van der Waals surface area contributed by atoms with E-state index in [1.54, 1.807) is 18.2 Å². The van der Waals surface area contributed by atoms with Crippen LogP contribution in [0.4, 0.5) is 5.69 Å². The maximum Gasteiger partial charge on any atom is 0.311 e. The Balaban J connectivity index is 1.92. The normalized spacial score (nSPS) is 11.6. The van der Waals surface area contributed by atoms with Crippen molar-refractivity contribution in [3.8, 4) is 5.75 Å². The third kappa shape index (κ3) is 5.23. The van der Waals surface area contributed by atoms with Crippen molar-refractivity contribution >= 4 is 29.2 Å². The minimum Gasteiger partial charge on any atom is -0.495 e. The number of halogens is 1. The molecule has 0 unspecified atom stereocenters.